The first kappa shape index (κ1) is 24.0. The van der Waals surface area contributed by atoms with Crippen LogP contribution in [-0.2, 0) is 14.8 Å². The van der Waals surface area contributed by atoms with E-state index in [4.69, 9.17) is 14.2 Å². The number of hydrogen-bond donors (Lipinski definition) is 1. The van der Waals surface area contributed by atoms with Gasteiger partial charge in [-0.15, -0.1) is 0 Å². The molecule has 0 atom stereocenters. The third-order valence-electron chi connectivity index (χ3n) is 4.27. The summed E-state index contributed by atoms with van der Waals surface area (Å²) in [4.78, 5) is 12.4. The maximum Gasteiger partial charge on any atom is 0.260 e. The number of sulfonamides is 1. The monoisotopic (exact) mass is 449 g/mol. The van der Waals surface area contributed by atoms with Crippen LogP contribution in [0.3, 0.4) is 0 Å². The quantitative estimate of drug-likeness (QED) is 0.465. The second-order valence-electron chi connectivity index (χ2n) is 6.87. The molecule has 0 aliphatic rings. The summed E-state index contributed by atoms with van der Waals surface area (Å²) in [6.45, 7) is 3.31. The summed E-state index contributed by atoms with van der Waals surface area (Å²) in [7, 11) is 0.808. The smallest absolute Gasteiger partial charge is 0.260 e. The topological polar surface area (TPSA) is 107 Å². The molecule has 0 heterocycles. The minimum absolute atomic E-state index is 0.408. The molecule has 9 nitrogen and oxygen atoms in total. The van der Waals surface area contributed by atoms with Crippen LogP contribution in [0.15, 0.2) is 35.4 Å². The van der Waals surface area contributed by atoms with E-state index in [0.29, 0.717) is 28.5 Å². The SMILES string of the molecule is COc1cc(/C=N\NC(=O)CN(c2cc(C)cc(C)c2)S(C)(=O)=O)cc(OC)c1OC. The number of nitrogens with zero attached hydrogens (tertiary/aromatic N) is 2. The first-order valence-electron chi connectivity index (χ1n) is 9.27. The molecule has 2 rings (SSSR count). The van der Waals surface area contributed by atoms with Crippen LogP contribution in [0, 0.1) is 13.8 Å². The minimum Gasteiger partial charge on any atom is -0.493 e. The molecule has 31 heavy (non-hydrogen) atoms. The van der Waals surface area contributed by atoms with Gasteiger partial charge in [0.1, 0.15) is 6.54 Å². The van der Waals surface area contributed by atoms with Crippen molar-refractivity contribution < 1.29 is 27.4 Å². The molecule has 0 fully saturated rings. The van der Waals surface area contributed by atoms with Crippen molar-refractivity contribution in [3.63, 3.8) is 0 Å². The molecule has 2 aromatic rings. The fraction of sp³-hybridized carbons (Fsp3) is 0.333. The molecule has 0 aromatic heterocycles. The van der Waals surface area contributed by atoms with Gasteiger partial charge < -0.3 is 14.2 Å². The van der Waals surface area contributed by atoms with Gasteiger partial charge in [-0.3, -0.25) is 9.10 Å². The lowest BCUT2D eigenvalue weighted by molar-refractivity contribution is -0.119. The van der Waals surface area contributed by atoms with Gasteiger partial charge in [-0.05, 0) is 49.2 Å². The van der Waals surface area contributed by atoms with Gasteiger partial charge in [0.15, 0.2) is 11.5 Å². The van der Waals surface area contributed by atoms with Crippen molar-refractivity contribution in [3.8, 4) is 17.2 Å². The van der Waals surface area contributed by atoms with Crippen LogP contribution in [0.2, 0.25) is 0 Å². The Morgan fingerprint density at radius 1 is 1.00 bits per heavy atom. The van der Waals surface area contributed by atoms with Gasteiger partial charge in [0.05, 0.1) is 39.5 Å². The molecule has 1 N–H and O–H groups in total. The van der Waals surface area contributed by atoms with E-state index in [2.05, 4.69) is 10.5 Å². The van der Waals surface area contributed by atoms with Crippen molar-refractivity contribution in [1.82, 2.24) is 5.43 Å². The van der Waals surface area contributed by atoms with E-state index >= 15 is 0 Å². The Labute approximate surface area is 182 Å². The maximum absolute atomic E-state index is 12.4. The Hall–Kier alpha value is -3.27. The van der Waals surface area contributed by atoms with Crippen LogP contribution in [0.5, 0.6) is 17.2 Å². The lowest BCUT2D eigenvalue weighted by Gasteiger charge is -2.22. The number of rotatable bonds is 9. The molecule has 0 aliphatic heterocycles. The Morgan fingerprint density at radius 3 is 2.00 bits per heavy atom. The number of methoxy groups -OCH3 is 3. The molecule has 0 aliphatic carbocycles. The fourth-order valence-corrected chi connectivity index (χ4v) is 3.86. The number of aryl methyl sites for hydroxylation is 2. The lowest BCUT2D eigenvalue weighted by atomic mass is 10.1. The normalized spacial score (nSPS) is 11.3. The van der Waals surface area contributed by atoms with Crippen LogP contribution in [0.4, 0.5) is 5.69 Å². The maximum atomic E-state index is 12.4. The molecule has 0 saturated heterocycles. The molecule has 10 heteroatoms. The standard InChI is InChI=1S/C21H27N3O6S/c1-14-7-15(2)9-17(8-14)24(31(6,26)27)13-20(25)23-22-12-16-10-18(28-3)21(30-5)19(11-16)29-4/h7-12H,13H2,1-6H3,(H,23,25)/b22-12-. The Bertz CT molecular complexity index is 1040. The second kappa shape index (κ2) is 10.2. The molecule has 0 saturated carbocycles. The van der Waals surface area contributed by atoms with E-state index in [0.717, 1.165) is 21.7 Å². The molecular formula is C21H27N3O6S. The molecule has 168 valence electrons. The van der Waals surface area contributed by atoms with E-state index in [9.17, 15) is 13.2 Å². The summed E-state index contributed by atoms with van der Waals surface area (Å²) in [6, 6.07) is 8.66. The molecule has 2 aromatic carbocycles. The van der Waals surface area contributed by atoms with Gasteiger partial charge in [-0.25, -0.2) is 13.8 Å². The molecule has 0 radical (unpaired) electrons. The highest BCUT2D eigenvalue weighted by Crippen LogP contribution is 2.37. The zero-order valence-corrected chi connectivity index (χ0v) is 19.2. The highest BCUT2D eigenvalue weighted by atomic mass is 32.2. The number of anilines is 1. The zero-order chi connectivity index (χ0) is 23.2. The van der Waals surface area contributed by atoms with Crippen LogP contribution >= 0.6 is 0 Å². The number of carbonyl (C=O) groups is 1. The van der Waals surface area contributed by atoms with Gasteiger partial charge in [0, 0.05) is 5.56 Å². The fourth-order valence-electron chi connectivity index (χ4n) is 3.02. The molecular weight excluding hydrogens is 422 g/mol. The van der Waals surface area contributed by atoms with Crippen molar-refractivity contribution >= 4 is 27.8 Å². The molecule has 0 bridgehead atoms. The van der Waals surface area contributed by atoms with Gasteiger partial charge in [-0.1, -0.05) is 6.07 Å². The summed E-state index contributed by atoms with van der Waals surface area (Å²) < 4.78 is 41.4. The van der Waals surface area contributed by atoms with Crippen LogP contribution < -0.4 is 23.9 Å². The summed E-state index contributed by atoms with van der Waals surface area (Å²) >= 11 is 0. The Balaban J connectivity index is 2.18. The van der Waals surface area contributed by atoms with Crippen molar-refractivity contribution in [2.45, 2.75) is 13.8 Å². The summed E-state index contributed by atoms with van der Waals surface area (Å²) in [5, 5.41) is 3.91. The highest BCUT2D eigenvalue weighted by molar-refractivity contribution is 7.92. The number of hydrazone groups is 1. The summed E-state index contributed by atoms with van der Waals surface area (Å²) in [5.74, 6) is 0.720. The number of carbonyl (C=O) groups excluding carboxylic acids is 1. The van der Waals surface area contributed by atoms with Gasteiger partial charge in [-0.2, -0.15) is 5.10 Å². The van der Waals surface area contributed by atoms with E-state index in [1.54, 1.807) is 24.3 Å². The van der Waals surface area contributed by atoms with E-state index in [-0.39, 0.29) is 0 Å². The van der Waals surface area contributed by atoms with Crippen molar-refractivity contribution in [2.75, 3.05) is 38.4 Å². The number of hydrogen-bond acceptors (Lipinski definition) is 7. The predicted octanol–water partition coefficient (Wildman–Crippen LogP) is 2.25. The highest BCUT2D eigenvalue weighted by Gasteiger charge is 2.21. The van der Waals surface area contributed by atoms with Gasteiger partial charge >= 0.3 is 0 Å². The number of amides is 1. The number of nitrogens with one attached hydrogen (secondary N) is 1. The third-order valence-corrected chi connectivity index (χ3v) is 5.41. The minimum atomic E-state index is -3.68. The molecule has 1 amide bonds. The molecule has 0 spiro atoms. The average molecular weight is 450 g/mol. The average Bonchev–Trinajstić information content (AvgIpc) is 2.69. The third kappa shape index (κ3) is 6.35. The lowest BCUT2D eigenvalue weighted by Crippen LogP contribution is -2.39. The number of ether oxygens (including phenoxy) is 3. The van der Waals surface area contributed by atoms with Crippen molar-refractivity contribution in [1.29, 1.82) is 0 Å². The van der Waals surface area contributed by atoms with Crippen LogP contribution in [0.25, 0.3) is 0 Å². The summed E-state index contributed by atoms with van der Waals surface area (Å²) in [6.07, 6.45) is 2.45. The largest absolute Gasteiger partial charge is 0.493 e. The first-order valence-corrected chi connectivity index (χ1v) is 11.1. The molecule has 0 unspecified atom stereocenters. The van der Waals surface area contributed by atoms with E-state index in [1.807, 2.05) is 19.9 Å². The van der Waals surface area contributed by atoms with Gasteiger partial charge in [0.25, 0.3) is 5.91 Å². The van der Waals surface area contributed by atoms with Crippen molar-refractivity contribution in [2.24, 2.45) is 5.10 Å². The number of benzene rings is 2. The summed E-state index contributed by atoms with van der Waals surface area (Å²) in [5.41, 5.74) is 5.14. The first-order chi connectivity index (χ1) is 14.6. The second-order valence-corrected chi connectivity index (χ2v) is 8.77. The van der Waals surface area contributed by atoms with Crippen molar-refractivity contribution in [3.05, 3.63) is 47.0 Å². The van der Waals surface area contributed by atoms with E-state index in [1.165, 1.54) is 27.5 Å². The predicted molar refractivity (Wildman–Crippen MR) is 120 cm³/mol. The van der Waals surface area contributed by atoms with Crippen LogP contribution in [0.1, 0.15) is 16.7 Å². The Morgan fingerprint density at radius 2 is 1.55 bits per heavy atom. The van der Waals surface area contributed by atoms with Gasteiger partial charge in [0.2, 0.25) is 15.8 Å². The van der Waals surface area contributed by atoms with Crippen LogP contribution in [-0.4, -0.2) is 54.7 Å². The van der Waals surface area contributed by atoms with E-state index < -0.39 is 22.5 Å². The zero-order valence-electron chi connectivity index (χ0n) is 18.4. The Kier molecular flexibility index (Phi) is 7.87.